The van der Waals surface area contributed by atoms with Crippen molar-refractivity contribution in [2.24, 2.45) is 0 Å². The second-order valence-corrected chi connectivity index (χ2v) is 8.08. The van der Waals surface area contributed by atoms with E-state index in [1.54, 1.807) is 7.11 Å². The van der Waals surface area contributed by atoms with E-state index in [4.69, 9.17) is 4.74 Å². The van der Waals surface area contributed by atoms with Crippen molar-refractivity contribution in [3.63, 3.8) is 0 Å². The summed E-state index contributed by atoms with van der Waals surface area (Å²) in [7, 11) is 1.68. The molecule has 1 saturated heterocycles. The highest BCUT2D eigenvalue weighted by atomic mass is 16.5. The molecule has 3 rings (SSSR count). The lowest BCUT2D eigenvalue weighted by Gasteiger charge is -2.38. The summed E-state index contributed by atoms with van der Waals surface area (Å²) in [5.41, 5.74) is 4.47. The molecule has 5 nitrogen and oxygen atoms in total. The molecule has 0 bridgehead atoms. The first-order valence-electron chi connectivity index (χ1n) is 10.4. The van der Waals surface area contributed by atoms with Gasteiger partial charge in [-0.1, -0.05) is 32.0 Å². The highest BCUT2D eigenvalue weighted by Crippen LogP contribution is 2.28. The Labute approximate surface area is 174 Å². The molecule has 1 aliphatic rings. The maximum Gasteiger partial charge on any atom is 0.241 e. The molecule has 5 heteroatoms. The Morgan fingerprint density at radius 2 is 1.66 bits per heavy atom. The van der Waals surface area contributed by atoms with Gasteiger partial charge in [0.25, 0.3) is 0 Å². The van der Waals surface area contributed by atoms with Gasteiger partial charge in [0, 0.05) is 37.6 Å². The van der Waals surface area contributed by atoms with Gasteiger partial charge in [-0.2, -0.15) is 0 Å². The van der Waals surface area contributed by atoms with Gasteiger partial charge in [0.05, 0.1) is 13.2 Å². The Kier molecular flexibility index (Phi) is 6.80. The number of para-hydroxylation sites is 1. The first-order valence-corrected chi connectivity index (χ1v) is 10.4. The van der Waals surface area contributed by atoms with E-state index in [0.29, 0.717) is 5.92 Å². The fraction of sp³-hybridized carbons (Fsp3) is 0.458. The third-order valence-corrected chi connectivity index (χ3v) is 5.85. The van der Waals surface area contributed by atoms with Crippen molar-refractivity contribution in [2.45, 2.75) is 39.7 Å². The van der Waals surface area contributed by atoms with Gasteiger partial charge < -0.3 is 15.0 Å². The number of hydrogen-bond acceptors (Lipinski definition) is 4. The Morgan fingerprint density at radius 3 is 2.24 bits per heavy atom. The number of rotatable bonds is 6. The van der Waals surface area contributed by atoms with Crippen LogP contribution in [-0.2, 0) is 4.79 Å². The number of benzene rings is 2. The Morgan fingerprint density at radius 1 is 1.00 bits per heavy atom. The number of amides is 1. The van der Waals surface area contributed by atoms with Crippen molar-refractivity contribution in [1.29, 1.82) is 0 Å². The second-order valence-electron chi connectivity index (χ2n) is 8.08. The molecule has 1 fully saturated rings. The van der Waals surface area contributed by atoms with Crippen LogP contribution >= 0.6 is 0 Å². The Bertz CT molecular complexity index is 825. The van der Waals surface area contributed by atoms with Crippen molar-refractivity contribution in [3.8, 4) is 5.75 Å². The van der Waals surface area contributed by atoms with E-state index in [2.05, 4.69) is 66.2 Å². The summed E-state index contributed by atoms with van der Waals surface area (Å²) in [6, 6.07) is 14.2. The standard InChI is InChI=1S/C24H33N3O2/c1-17(2)22-8-6-7-18(3)23(22)25-24(28)19(4)26-13-15-27(16-14-26)20-9-11-21(29-5)12-10-20/h6-12,17,19H,13-16H2,1-5H3,(H,25,28)/t19-/m0/s1. The number of ether oxygens (including phenoxy) is 1. The number of carbonyl (C=O) groups excluding carboxylic acids is 1. The lowest BCUT2D eigenvalue weighted by atomic mass is 9.98. The van der Waals surface area contributed by atoms with Crippen LogP contribution < -0.4 is 15.0 Å². The smallest absolute Gasteiger partial charge is 0.241 e. The molecule has 0 spiro atoms. The largest absolute Gasteiger partial charge is 0.497 e. The van der Waals surface area contributed by atoms with Crippen LogP contribution in [0.4, 0.5) is 11.4 Å². The van der Waals surface area contributed by atoms with Crippen LogP contribution in [0.3, 0.4) is 0 Å². The molecule has 0 aromatic heterocycles. The van der Waals surface area contributed by atoms with Gasteiger partial charge in [0.15, 0.2) is 0 Å². The van der Waals surface area contributed by atoms with E-state index in [-0.39, 0.29) is 11.9 Å². The van der Waals surface area contributed by atoms with E-state index in [0.717, 1.165) is 43.2 Å². The Balaban J connectivity index is 1.60. The van der Waals surface area contributed by atoms with Crippen molar-refractivity contribution in [1.82, 2.24) is 4.90 Å². The predicted molar refractivity (Wildman–Crippen MR) is 120 cm³/mol. The molecule has 0 unspecified atom stereocenters. The summed E-state index contributed by atoms with van der Waals surface area (Å²) in [5, 5.41) is 3.20. The molecule has 0 saturated carbocycles. The third kappa shape index (κ3) is 4.91. The number of aryl methyl sites for hydroxylation is 1. The minimum absolute atomic E-state index is 0.0686. The molecule has 2 aromatic rings. The number of hydrogen-bond donors (Lipinski definition) is 1. The summed E-state index contributed by atoms with van der Waals surface area (Å²) in [4.78, 5) is 17.6. The topological polar surface area (TPSA) is 44.8 Å². The molecule has 2 aromatic carbocycles. The average Bonchev–Trinajstić information content (AvgIpc) is 2.74. The molecule has 0 aliphatic carbocycles. The molecular formula is C24H33N3O2. The van der Waals surface area contributed by atoms with Gasteiger partial charge in [-0.25, -0.2) is 0 Å². The van der Waals surface area contributed by atoms with Gasteiger partial charge in [-0.05, 0) is 55.2 Å². The molecule has 1 atom stereocenters. The fourth-order valence-electron chi connectivity index (χ4n) is 3.90. The van der Waals surface area contributed by atoms with Crippen LogP contribution in [-0.4, -0.2) is 50.1 Å². The minimum atomic E-state index is -0.160. The van der Waals surface area contributed by atoms with Crippen LogP contribution in [0, 0.1) is 6.92 Å². The quantitative estimate of drug-likeness (QED) is 0.793. The summed E-state index contributed by atoms with van der Waals surface area (Å²) < 4.78 is 5.24. The first kappa shape index (κ1) is 21.2. The Hall–Kier alpha value is -2.53. The number of nitrogens with zero attached hydrogens (tertiary/aromatic N) is 2. The predicted octanol–water partition coefficient (Wildman–Crippen LogP) is 4.28. The van der Waals surface area contributed by atoms with Crippen molar-refractivity contribution in [3.05, 3.63) is 53.6 Å². The van der Waals surface area contributed by atoms with E-state index >= 15 is 0 Å². The number of piperazine rings is 1. The van der Waals surface area contributed by atoms with Gasteiger partial charge in [0.2, 0.25) is 5.91 Å². The van der Waals surface area contributed by atoms with Crippen LogP contribution in [0.15, 0.2) is 42.5 Å². The van der Waals surface area contributed by atoms with E-state index in [1.165, 1.54) is 11.3 Å². The van der Waals surface area contributed by atoms with E-state index in [1.807, 2.05) is 19.1 Å². The molecule has 1 aliphatic heterocycles. The highest BCUT2D eigenvalue weighted by Gasteiger charge is 2.26. The normalized spacial score (nSPS) is 16.0. The zero-order chi connectivity index (χ0) is 21.0. The first-order chi connectivity index (χ1) is 13.9. The van der Waals surface area contributed by atoms with E-state index < -0.39 is 0 Å². The zero-order valence-corrected chi connectivity index (χ0v) is 18.2. The number of nitrogens with one attached hydrogen (secondary N) is 1. The summed E-state index contributed by atoms with van der Waals surface area (Å²) >= 11 is 0. The van der Waals surface area contributed by atoms with E-state index in [9.17, 15) is 4.79 Å². The average molecular weight is 396 g/mol. The number of carbonyl (C=O) groups is 1. The van der Waals surface area contributed by atoms with Gasteiger partial charge in [0.1, 0.15) is 5.75 Å². The molecule has 156 valence electrons. The van der Waals surface area contributed by atoms with Crippen molar-refractivity contribution in [2.75, 3.05) is 43.5 Å². The van der Waals surface area contributed by atoms with Crippen LogP contribution in [0.5, 0.6) is 5.75 Å². The lowest BCUT2D eigenvalue weighted by molar-refractivity contribution is -0.120. The third-order valence-electron chi connectivity index (χ3n) is 5.85. The summed E-state index contributed by atoms with van der Waals surface area (Å²) in [5.74, 6) is 1.31. The monoisotopic (exact) mass is 395 g/mol. The molecule has 0 radical (unpaired) electrons. The second kappa shape index (κ2) is 9.31. The van der Waals surface area contributed by atoms with Crippen molar-refractivity contribution >= 4 is 17.3 Å². The zero-order valence-electron chi connectivity index (χ0n) is 18.2. The highest BCUT2D eigenvalue weighted by molar-refractivity contribution is 5.96. The van der Waals surface area contributed by atoms with Crippen LogP contribution in [0.25, 0.3) is 0 Å². The number of methoxy groups -OCH3 is 1. The van der Waals surface area contributed by atoms with Gasteiger partial charge in [-0.15, -0.1) is 0 Å². The van der Waals surface area contributed by atoms with Crippen LogP contribution in [0.2, 0.25) is 0 Å². The molecule has 1 N–H and O–H groups in total. The molecule has 1 heterocycles. The minimum Gasteiger partial charge on any atom is -0.497 e. The summed E-state index contributed by atoms with van der Waals surface area (Å²) in [6.07, 6.45) is 0. The van der Waals surface area contributed by atoms with Gasteiger partial charge in [-0.3, -0.25) is 9.69 Å². The van der Waals surface area contributed by atoms with Gasteiger partial charge >= 0.3 is 0 Å². The molecule has 1 amide bonds. The number of anilines is 2. The lowest BCUT2D eigenvalue weighted by Crippen LogP contribution is -2.52. The fourth-order valence-corrected chi connectivity index (χ4v) is 3.90. The SMILES string of the molecule is COc1ccc(N2CCN([C@@H](C)C(=O)Nc3c(C)cccc3C(C)C)CC2)cc1. The van der Waals surface area contributed by atoms with Crippen molar-refractivity contribution < 1.29 is 9.53 Å². The molecular weight excluding hydrogens is 362 g/mol. The summed E-state index contributed by atoms with van der Waals surface area (Å²) in [6.45, 7) is 11.9. The van der Waals surface area contributed by atoms with Crippen LogP contribution in [0.1, 0.15) is 37.8 Å². The maximum absolute atomic E-state index is 13.0. The maximum atomic E-state index is 13.0. The molecule has 29 heavy (non-hydrogen) atoms.